The highest BCUT2D eigenvalue weighted by molar-refractivity contribution is 5.94. The lowest BCUT2D eigenvalue weighted by Crippen LogP contribution is -2.06. The van der Waals surface area contributed by atoms with Crippen molar-refractivity contribution >= 4 is 18.1 Å². The molecule has 1 aromatic heterocycles. The van der Waals surface area contributed by atoms with Gasteiger partial charge in [-0.1, -0.05) is 36.4 Å². The molecule has 3 nitrogen and oxygen atoms in total. The number of esters is 1. The van der Waals surface area contributed by atoms with Crippen LogP contribution in [-0.2, 0) is 4.74 Å². The maximum atomic E-state index is 11.8. The molecule has 0 saturated carbocycles. The maximum absolute atomic E-state index is 11.8. The molecule has 0 radical (unpaired) electrons. The van der Waals surface area contributed by atoms with E-state index in [0.29, 0.717) is 12.2 Å². The summed E-state index contributed by atoms with van der Waals surface area (Å²) in [6.45, 7) is 4.20. The van der Waals surface area contributed by atoms with Crippen molar-refractivity contribution in [3.8, 4) is 0 Å². The first-order chi connectivity index (χ1) is 9.72. The Morgan fingerprint density at radius 1 is 1.20 bits per heavy atom. The van der Waals surface area contributed by atoms with Crippen molar-refractivity contribution in [3.63, 3.8) is 0 Å². The Morgan fingerprint density at radius 3 is 2.70 bits per heavy atom. The minimum atomic E-state index is -0.343. The molecule has 2 aromatic rings. The van der Waals surface area contributed by atoms with Crippen LogP contribution in [0.4, 0.5) is 0 Å². The Kier molecular flexibility index (Phi) is 4.66. The zero-order valence-electron chi connectivity index (χ0n) is 11.7. The smallest absolute Gasteiger partial charge is 0.340 e. The molecule has 0 saturated heterocycles. The van der Waals surface area contributed by atoms with E-state index >= 15 is 0 Å². The van der Waals surface area contributed by atoms with Crippen LogP contribution in [0.2, 0.25) is 0 Å². The first-order valence-electron chi connectivity index (χ1n) is 6.57. The first kappa shape index (κ1) is 14.0. The molecule has 1 heterocycles. The predicted octanol–water partition coefficient (Wildman–Crippen LogP) is 3.74. The van der Waals surface area contributed by atoms with E-state index in [2.05, 4.69) is 18.0 Å². The van der Waals surface area contributed by atoms with E-state index in [1.807, 2.05) is 30.4 Å². The average Bonchev–Trinajstić information content (AvgIpc) is 2.47. The number of rotatable bonds is 4. The van der Waals surface area contributed by atoms with Gasteiger partial charge in [-0.2, -0.15) is 0 Å². The Bertz CT molecular complexity index is 632. The van der Waals surface area contributed by atoms with Crippen molar-refractivity contribution in [2.75, 3.05) is 6.61 Å². The summed E-state index contributed by atoms with van der Waals surface area (Å²) in [5.41, 5.74) is 3.61. The van der Waals surface area contributed by atoms with Gasteiger partial charge >= 0.3 is 5.97 Å². The van der Waals surface area contributed by atoms with Gasteiger partial charge in [-0.15, -0.1) is 0 Å². The van der Waals surface area contributed by atoms with Crippen molar-refractivity contribution in [2.45, 2.75) is 13.8 Å². The number of nitrogens with zero attached hydrogens (tertiary/aromatic N) is 1. The molecule has 2 rings (SSSR count). The minimum Gasteiger partial charge on any atom is -0.462 e. The van der Waals surface area contributed by atoms with Crippen LogP contribution >= 0.6 is 0 Å². The van der Waals surface area contributed by atoms with Crippen LogP contribution in [0.5, 0.6) is 0 Å². The number of carbonyl (C=O) groups is 1. The van der Waals surface area contributed by atoms with E-state index in [1.54, 1.807) is 19.2 Å². The van der Waals surface area contributed by atoms with Gasteiger partial charge in [-0.3, -0.25) is 4.98 Å². The van der Waals surface area contributed by atoms with Gasteiger partial charge in [0.2, 0.25) is 0 Å². The SMILES string of the molecule is CCOC(=O)c1cnccc1C=Cc1ccccc1C. The van der Waals surface area contributed by atoms with Crippen molar-refractivity contribution in [1.82, 2.24) is 4.98 Å². The van der Waals surface area contributed by atoms with Crippen LogP contribution in [0, 0.1) is 6.92 Å². The number of aromatic nitrogens is 1. The lowest BCUT2D eigenvalue weighted by atomic mass is 10.1. The molecule has 102 valence electrons. The van der Waals surface area contributed by atoms with Crippen molar-refractivity contribution < 1.29 is 9.53 Å². The average molecular weight is 267 g/mol. The van der Waals surface area contributed by atoms with Crippen LogP contribution in [0.1, 0.15) is 34.0 Å². The second kappa shape index (κ2) is 6.66. The summed E-state index contributed by atoms with van der Waals surface area (Å²) in [7, 11) is 0. The van der Waals surface area contributed by atoms with Crippen LogP contribution in [-0.4, -0.2) is 17.6 Å². The molecule has 1 aromatic carbocycles. The zero-order valence-corrected chi connectivity index (χ0v) is 11.7. The van der Waals surface area contributed by atoms with E-state index in [9.17, 15) is 4.79 Å². The number of benzene rings is 1. The molecule has 0 aliphatic rings. The van der Waals surface area contributed by atoms with E-state index in [-0.39, 0.29) is 5.97 Å². The normalized spacial score (nSPS) is 10.7. The monoisotopic (exact) mass is 267 g/mol. The summed E-state index contributed by atoms with van der Waals surface area (Å²) < 4.78 is 5.03. The molecule has 0 bridgehead atoms. The fourth-order valence-electron chi connectivity index (χ4n) is 1.88. The van der Waals surface area contributed by atoms with Crippen molar-refractivity contribution in [3.05, 3.63) is 65.0 Å². The molecular weight excluding hydrogens is 250 g/mol. The molecular formula is C17H17NO2. The largest absolute Gasteiger partial charge is 0.462 e. The predicted molar refractivity (Wildman–Crippen MR) is 80.3 cm³/mol. The van der Waals surface area contributed by atoms with Gasteiger partial charge in [0.1, 0.15) is 0 Å². The minimum absolute atomic E-state index is 0.343. The summed E-state index contributed by atoms with van der Waals surface area (Å²) in [5.74, 6) is -0.343. The van der Waals surface area contributed by atoms with Gasteiger partial charge in [-0.25, -0.2) is 4.79 Å². The molecule has 0 unspecified atom stereocenters. The third-order valence-electron chi connectivity index (χ3n) is 2.98. The highest BCUT2D eigenvalue weighted by atomic mass is 16.5. The fraction of sp³-hybridized carbons (Fsp3) is 0.176. The van der Waals surface area contributed by atoms with Gasteiger partial charge < -0.3 is 4.74 Å². The Balaban J connectivity index is 2.30. The summed E-state index contributed by atoms with van der Waals surface area (Å²) in [5, 5.41) is 0. The van der Waals surface area contributed by atoms with Gasteiger partial charge in [0, 0.05) is 12.4 Å². The van der Waals surface area contributed by atoms with E-state index in [0.717, 1.165) is 11.1 Å². The van der Waals surface area contributed by atoms with Crippen molar-refractivity contribution in [1.29, 1.82) is 0 Å². The highest BCUT2D eigenvalue weighted by Gasteiger charge is 2.10. The summed E-state index contributed by atoms with van der Waals surface area (Å²) in [4.78, 5) is 15.8. The topological polar surface area (TPSA) is 39.2 Å². The second-order valence-electron chi connectivity index (χ2n) is 4.37. The third kappa shape index (κ3) is 3.32. The lowest BCUT2D eigenvalue weighted by Gasteiger charge is -2.05. The molecule has 0 atom stereocenters. The highest BCUT2D eigenvalue weighted by Crippen LogP contribution is 2.15. The third-order valence-corrected chi connectivity index (χ3v) is 2.98. The molecule has 0 spiro atoms. The number of hydrogen-bond donors (Lipinski definition) is 0. The number of carbonyl (C=O) groups excluding carboxylic acids is 1. The summed E-state index contributed by atoms with van der Waals surface area (Å²) in [6.07, 6.45) is 7.11. The number of hydrogen-bond acceptors (Lipinski definition) is 3. The molecule has 0 aliphatic heterocycles. The van der Waals surface area contributed by atoms with E-state index < -0.39 is 0 Å². The van der Waals surface area contributed by atoms with Gasteiger partial charge in [-0.05, 0) is 36.6 Å². The molecule has 0 aliphatic carbocycles. The maximum Gasteiger partial charge on any atom is 0.340 e. The molecule has 20 heavy (non-hydrogen) atoms. The quantitative estimate of drug-likeness (QED) is 0.792. The van der Waals surface area contributed by atoms with Gasteiger partial charge in [0.15, 0.2) is 0 Å². The van der Waals surface area contributed by atoms with E-state index in [1.165, 1.54) is 11.8 Å². The number of aryl methyl sites for hydroxylation is 1. The Morgan fingerprint density at radius 2 is 1.95 bits per heavy atom. The number of pyridine rings is 1. The van der Waals surface area contributed by atoms with Crippen molar-refractivity contribution in [2.24, 2.45) is 0 Å². The van der Waals surface area contributed by atoms with Crippen LogP contribution in [0.15, 0.2) is 42.7 Å². The summed E-state index contributed by atoms with van der Waals surface area (Å²) >= 11 is 0. The molecule has 0 N–H and O–H groups in total. The standard InChI is InChI=1S/C17H17NO2/c1-3-20-17(19)16-12-18-11-10-15(16)9-8-14-7-5-4-6-13(14)2/h4-12H,3H2,1-2H3. The first-order valence-corrected chi connectivity index (χ1v) is 6.57. The second-order valence-corrected chi connectivity index (χ2v) is 4.37. The Labute approximate surface area is 118 Å². The van der Waals surface area contributed by atoms with E-state index in [4.69, 9.17) is 4.74 Å². The van der Waals surface area contributed by atoms with Crippen LogP contribution in [0.3, 0.4) is 0 Å². The fourth-order valence-corrected chi connectivity index (χ4v) is 1.88. The Hall–Kier alpha value is -2.42. The van der Waals surface area contributed by atoms with Crippen LogP contribution in [0.25, 0.3) is 12.2 Å². The molecule has 3 heteroatoms. The number of ether oxygens (including phenoxy) is 1. The molecule has 0 amide bonds. The molecule has 0 fully saturated rings. The van der Waals surface area contributed by atoms with Crippen LogP contribution < -0.4 is 0 Å². The van der Waals surface area contributed by atoms with Gasteiger partial charge in [0.25, 0.3) is 0 Å². The summed E-state index contributed by atoms with van der Waals surface area (Å²) in [6, 6.07) is 9.89. The zero-order chi connectivity index (χ0) is 14.4. The van der Waals surface area contributed by atoms with Gasteiger partial charge in [0.05, 0.1) is 12.2 Å². The lowest BCUT2D eigenvalue weighted by molar-refractivity contribution is 0.0525.